The maximum absolute atomic E-state index is 12.9. The Bertz CT molecular complexity index is 756. The van der Waals surface area contributed by atoms with Crippen LogP contribution in [0.2, 0.25) is 0 Å². The first-order valence-electron chi connectivity index (χ1n) is 8.07. The molecule has 0 spiro atoms. The number of aryl methyl sites for hydroxylation is 2. The lowest BCUT2D eigenvalue weighted by molar-refractivity contribution is -0.145. The third kappa shape index (κ3) is 5.41. The van der Waals surface area contributed by atoms with Gasteiger partial charge in [-0.3, -0.25) is 4.79 Å². The maximum atomic E-state index is 12.9. The summed E-state index contributed by atoms with van der Waals surface area (Å²) in [5, 5.41) is 2.71. The highest BCUT2D eigenvalue weighted by Crippen LogP contribution is 2.12. The van der Waals surface area contributed by atoms with Gasteiger partial charge in [-0.25, -0.2) is 9.18 Å². The molecule has 0 aliphatic carbocycles. The van der Waals surface area contributed by atoms with Crippen LogP contribution in [0.5, 0.6) is 0 Å². The molecule has 25 heavy (non-hydrogen) atoms. The van der Waals surface area contributed by atoms with Crippen LogP contribution in [0.25, 0.3) is 0 Å². The third-order valence-electron chi connectivity index (χ3n) is 4.11. The fourth-order valence-corrected chi connectivity index (χ4v) is 2.53. The van der Waals surface area contributed by atoms with Crippen molar-refractivity contribution in [2.75, 3.05) is 7.11 Å². The topological polar surface area (TPSA) is 55.4 Å². The van der Waals surface area contributed by atoms with Crippen LogP contribution in [-0.4, -0.2) is 25.0 Å². The standard InChI is InChI=1S/C20H22FNO3/c1-13-4-5-16(10-14(13)2)11-18(20(24)25-3)22-19(23)12-15-6-8-17(21)9-7-15/h4-10,18H,11-12H2,1-3H3,(H,22,23)/t18-/m1/s1. The zero-order chi connectivity index (χ0) is 18.4. The number of hydrogen-bond donors (Lipinski definition) is 1. The first-order chi connectivity index (χ1) is 11.9. The first-order valence-corrected chi connectivity index (χ1v) is 8.07. The SMILES string of the molecule is COC(=O)[C@@H](Cc1ccc(C)c(C)c1)NC(=O)Cc1ccc(F)cc1. The van der Waals surface area contributed by atoms with E-state index in [9.17, 15) is 14.0 Å². The van der Waals surface area contributed by atoms with Crippen LogP contribution in [0.15, 0.2) is 42.5 Å². The molecule has 132 valence electrons. The van der Waals surface area contributed by atoms with Crippen molar-refractivity contribution in [3.8, 4) is 0 Å². The van der Waals surface area contributed by atoms with Crippen molar-refractivity contribution < 1.29 is 18.7 Å². The molecule has 0 fully saturated rings. The predicted molar refractivity (Wildman–Crippen MR) is 93.7 cm³/mol. The largest absolute Gasteiger partial charge is 0.467 e. The van der Waals surface area contributed by atoms with E-state index in [4.69, 9.17) is 4.74 Å². The van der Waals surface area contributed by atoms with E-state index in [2.05, 4.69) is 5.32 Å². The summed E-state index contributed by atoms with van der Waals surface area (Å²) >= 11 is 0. The fraction of sp³-hybridized carbons (Fsp3) is 0.300. The number of amides is 1. The number of benzene rings is 2. The summed E-state index contributed by atoms with van der Waals surface area (Å²) in [4.78, 5) is 24.2. The van der Waals surface area contributed by atoms with E-state index >= 15 is 0 Å². The zero-order valence-corrected chi connectivity index (χ0v) is 14.6. The van der Waals surface area contributed by atoms with Crippen molar-refractivity contribution in [1.82, 2.24) is 5.32 Å². The van der Waals surface area contributed by atoms with Crippen LogP contribution >= 0.6 is 0 Å². The molecule has 0 saturated carbocycles. The van der Waals surface area contributed by atoms with Crippen LogP contribution in [-0.2, 0) is 27.2 Å². The minimum Gasteiger partial charge on any atom is -0.467 e. The molecule has 1 N–H and O–H groups in total. The summed E-state index contributed by atoms with van der Waals surface area (Å²) in [6.45, 7) is 4.01. The molecule has 0 heterocycles. The number of carbonyl (C=O) groups excluding carboxylic acids is 2. The van der Waals surface area contributed by atoms with Crippen molar-refractivity contribution in [3.63, 3.8) is 0 Å². The first kappa shape index (κ1) is 18.6. The summed E-state index contributed by atoms with van der Waals surface area (Å²) in [6.07, 6.45) is 0.420. The Hall–Kier alpha value is -2.69. The lowest BCUT2D eigenvalue weighted by Gasteiger charge is -2.17. The molecule has 4 nitrogen and oxygen atoms in total. The van der Waals surface area contributed by atoms with Crippen LogP contribution < -0.4 is 5.32 Å². The van der Waals surface area contributed by atoms with Crippen LogP contribution in [0.3, 0.4) is 0 Å². The number of halogens is 1. The van der Waals surface area contributed by atoms with E-state index in [1.54, 1.807) is 12.1 Å². The van der Waals surface area contributed by atoms with Crippen molar-refractivity contribution in [2.45, 2.75) is 32.7 Å². The van der Waals surface area contributed by atoms with Gasteiger partial charge in [0.05, 0.1) is 13.5 Å². The molecule has 0 radical (unpaired) electrons. The molecule has 0 aliphatic rings. The summed E-state index contributed by atoms with van der Waals surface area (Å²) in [5.41, 5.74) is 3.91. The van der Waals surface area contributed by atoms with Gasteiger partial charge in [0.25, 0.3) is 0 Å². The zero-order valence-electron chi connectivity index (χ0n) is 14.6. The Labute approximate surface area is 147 Å². The smallest absolute Gasteiger partial charge is 0.328 e. The van der Waals surface area contributed by atoms with Crippen LogP contribution in [0, 0.1) is 19.7 Å². The second-order valence-electron chi connectivity index (χ2n) is 6.07. The Balaban J connectivity index is 2.06. The number of methoxy groups -OCH3 is 1. The lowest BCUT2D eigenvalue weighted by Crippen LogP contribution is -2.43. The number of ether oxygens (including phenoxy) is 1. The average Bonchev–Trinajstić information content (AvgIpc) is 2.59. The molecule has 2 rings (SSSR count). The predicted octanol–water partition coefficient (Wildman–Crippen LogP) is 2.89. The van der Waals surface area contributed by atoms with E-state index in [1.807, 2.05) is 32.0 Å². The Morgan fingerprint density at radius 1 is 1.04 bits per heavy atom. The van der Waals surface area contributed by atoms with Gasteiger partial charge in [0, 0.05) is 6.42 Å². The Kier molecular flexibility index (Phi) is 6.28. The molecule has 1 amide bonds. The number of carbonyl (C=O) groups is 2. The van der Waals surface area contributed by atoms with Crippen molar-refractivity contribution in [2.24, 2.45) is 0 Å². The molecule has 0 aromatic heterocycles. The molecule has 5 heteroatoms. The summed E-state index contributed by atoms with van der Waals surface area (Å²) < 4.78 is 17.7. The van der Waals surface area contributed by atoms with E-state index < -0.39 is 12.0 Å². The summed E-state index contributed by atoms with van der Waals surface area (Å²) in [5.74, 6) is -1.16. The number of nitrogens with one attached hydrogen (secondary N) is 1. The van der Waals surface area contributed by atoms with Crippen LogP contribution in [0.4, 0.5) is 4.39 Å². The summed E-state index contributed by atoms with van der Waals surface area (Å²) in [7, 11) is 1.29. The normalized spacial score (nSPS) is 11.7. The van der Waals surface area contributed by atoms with E-state index in [0.29, 0.717) is 12.0 Å². The summed E-state index contributed by atoms with van der Waals surface area (Å²) in [6, 6.07) is 10.9. The Morgan fingerprint density at radius 2 is 1.68 bits per heavy atom. The van der Waals surface area contributed by atoms with Gasteiger partial charge in [-0.05, 0) is 48.2 Å². The van der Waals surface area contributed by atoms with Gasteiger partial charge in [0.1, 0.15) is 11.9 Å². The van der Waals surface area contributed by atoms with Gasteiger partial charge < -0.3 is 10.1 Å². The second-order valence-corrected chi connectivity index (χ2v) is 6.07. The molecular weight excluding hydrogens is 321 g/mol. The van der Waals surface area contributed by atoms with Crippen molar-refractivity contribution in [3.05, 3.63) is 70.5 Å². The molecule has 0 aliphatic heterocycles. The molecule has 1 atom stereocenters. The minimum absolute atomic E-state index is 0.0701. The fourth-order valence-electron chi connectivity index (χ4n) is 2.53. The monoisotopic (exact) mass is 343 g/mol. The van der Waals surface area contributed by atoms with Gasteiger partial charge in [-0.1, -0.05) is 30.3 Å². The maximum Gasteiger partial charge on any atom is 0.328 e. The number of esters is 1. The molecule has 2 aromatic carbocycles. The molecule has 0 bridgehead atoms. The van der Waals surface area contributed by atoms with Gasteiger partial charge in [-0.2, -0.15) is 0 Å². The van der Waals surface area contributed by atoms with Gasteiger partial charge >= 0.3 is 5.97 Å². The van der Waals surface area contributed by atoms with E-state index in [1.165, 1.54) is 24.8 Å². The molecule has 0 saturated heterocycles. The van der Waals surface area contributed by atoms with Crippen molar-refractivity contribution in [1.29, 1.82) is 0 Å². The second kappa shape index (κ2) is 8.42. The third-order valence-corrected chi connectivity index (χ3v) is 4.11. The van der Waals surface area contributed by atoms with Gasteiger partial charge in [0.15, 0.2) is 0 Å². The van der Waals surface area contributed by atoms with Crippen LogP contribution in [0.1, 0.15) is 22.3 Å². The highest BCUT2D eigenvalue weighted by atomic mass is 19.1. The van der Waals surface area contributed by atoms with Gasteiger partial charge in [0.2, 0.25) is 5.91 Å². The minimum atomic E-state index is -0.764. The molecule has 0 unspecified atom stereocenters. The average molecular weight is 343 g/mol. The lowest BCUT2D eigenvalue weighted by atomic mass is 10.0. The van der Waals surface area contributed by atoms with E-state index in [0.717, 1.165) is 11.1 Å². The highest BCUT2D eigenvalue weighted by Gasteiger charge is 2.22. The van der Waals surface area contributed by atoms with E-state index in [-0.39, 0.29) is 18.1 Å². The highest BCUT2D eigenvalue weighted by molar-refractivity contribution is 5.85. The number of hydrogen-bond acceptors (Lipinski definition) is 3. The number of rotatable bonds is 6. The molecular formula is C20H22FNO3. The van der Waals surface area contributed by atoms with Crippen molar-refractivity contribution >= 4 is 11.9 Å². The Morgan fingerprint density at radius 3 is 2.28 bits per heavy atom. The molecule has 2 aromatic rings. The van der Waals surface area contributed by atoms with Gasteiger partial charge in [-0.15, -0.1) is 0 Å². The quantitative estimate of drug-likeness (QED) is 0.821.